The quantitative estimate of drug-likeness (QED) is 0.200. The topological polar surface area (TPSA) is 14.8 Å². The largest absolute Gasteiger partial charge is 0.307 e. The lowest BCUT2D eigenvalue weighted by molar-refractivity contribution is 1.08. The minimum absolute atomic E-state index is 1.14. The lowest BCUT2D eigenvalue weighted by Gasteiger charge is -2.18. The summed E-state index contributed by atoms with van der Waals surface area (Å²) in [7, 11) is 0. The van der Waals surface area contributed by atoms with Crippen molar-refractivity contribution in [1.29, 1.82) is 0 Å². The van der Waals surface area contributed by atoms with E-state index in [9.17, 15) is 0 Å². The van der Waals surface area contributed by atoms with Crippen LogP contribution in [0.25, 0.3) is 82.5 Å². The van der Waals surface area contributed by atoms with Gasteiger partial charge in [0.1, 0.15) is 0 Å². The summed E-state index contributed by atoms with van der Waals surface area (Å²) >= 11 is 0. The Morgan fingerprint density at radius 1 is 0.222 bits per heavy atom. The number of rotatable bonds is 3. The maximum atomic E-state index is 2.49. The number of benzene rings is 7. The third kappa shape index (κ3) is 3.30. The van der Waals surface area contributed by atoms with Crippen LogP contribution in [0, 0.1) is 0 Å². The van der Waals surface area contributed by atoms with Crippen molar-refractivity contribution in [3.8, 4) is 17.1 Å². The smallest absolute Gasteiger partial charge is 0.0783 e. The summed E-state index contributed by atoms with van der Waals surface area (Å²) in [5, 5.41) is 7.53. The van der Waals surface area contributed by atoms with Crippen LogP contribution in [0.3, 0.4) is 0 Å². The van der Waals surface area contributed by atoms with Crippen molar-refractivity contribution in [2.75, 3.05) is 0 Å². The van der Waals surface area contributed by atoms with E-state index < -0.39 is 0 Å². The molecule has 3 nitrogen and oxygen atoms in total. The molecule has 0 saturated heterocycles. The molecule has 0 aliphatic heterocycles. The van der Waals surface area contributed by atoms with Crippen LogP contribution in [0.2, 0.25) is 0 Å². The van der Waals surface area contributed by atoms with Crippen LogP contribution >= 0.6 is 0 Å². The molecule has 3 heteroatoms. The molecule has 10 rings (SSSR count). The normalized spacial score (nSPS) is 12.0. The van der Waals surface area contributed by atoms with E-state index in [0.29, 0.717) is 0 Å². The number of nitrogens with zero attached hydrogens (tertiary/aromatic N) is 3. The van der Waals surface area contributed by atoms with Gasteiger partial charge < -0.3 is 13.7 Å². The molecule has 0 aliphatic carbocycles. The predicted molar refractivity (Wildman–Crippen MR) is 189 cm³/mol. The first-order chi connectivity index (χ1) is 22.4. The highest BCUT2D eigenvalue weighted by atomic mass is 15.1. The van der Waals surface area contributed by atoms with Gasteiger partial charge in [0, 0.05) is 32.3 Å². The van der Waals surface area contributed by atoms with E-state index in [4.69, 9.17) is 0 Å². The van der Waals surface area contributed by atoms with Gasteiger partial charge in [-0.1, -0.05) is 115 Å². The third-order valence-corrected chi connectivity index (χ3v) is 9.44. The minimum Gasteiger partial charge on any atom is -0.307 e. The highest BCUT2D eigenvalue weighted by molar-refractivity contribution is 6.15. The van der Waals surface area contributed by atoms with Crippen molar-refractivity contribution >= 4 is 65.4 Å². The molecule has 210 valence electrons. The second-order valence-corrected chi connectivity index (χ2v) is 11.8. The average molecular weight is 574 g/mol. The van der Waals surface area contributed by atoms with E-state index in [1.165, 1.54) is 65.4 Å². The van der Waals surface area contributed by atoms with Crippen LogP contribution in [0.5, 0.6) is 0 Å². The lowest BCUT2D eigenvalue weighted by Crippen LogP contribution is -2.05. The van der Waals surface area contributed by atoms with Gasteiger partial charge in [-0.2, -0.15) is 0 Å². The summed E-state index contributed by atoms with van der Waals surface area (Å²) < 4.78 is 7.37. The molecule has 0 amide bonds. The van der Waals surface area contributed by atoms with E-state index in [1.807, 2.05) is 0 Å². The van der Waals surface area contributed by atoms with Crippen LogP contribution in [0.15, 0.2) is 164 Å². The molecule has 0 atom stereocenters. The molecule has 45 heavy (non-hydrogen) atoms. The van der Waals surface area contributed by atoms with E-state index in [1.54, 1.807) is 0 Å². The number of para-hydroxylation sites is 8. The summed E-state index contributed by atoms with van der Waals surface area (Å²) in [6.45, 7) is 0. The molecule has 0 radical (unpaired) electrons. The van der Waals surface area contributed by atoms with Crippen molar-refractivity contribution in [1.82, 2.24) is 13.7 Å². The molecule has 0 spiro atoms. The maximum Gasteiger partial charge on any atom is 0.0783 e. The van der Waals surface area contributed by atoms with E-state index in [-0.39, 0.29) is 0 Å². The van der Waals surface area contributed by atoms with Gasteiger partial charge in [0.25, 0.3) is 0 Å². The van der Waals surface area contributed by atoms with Crippen molar-refractivity contribution in [3.05, 3.63) is 164 Å². The lowest BCUT2D eigenvalue weighted by atomic mass is 10.1. The van der Waals surface area contributed by atoms with Crippen LogP contribution in [-0.2, 0) is 0 Å². The molecule has 0 N–H and O–H groups in total. The number of aromatic nitrogens is 3. The van der Waals surface area contributed by atoms with Crippen LogP contribution < -0.4 is 0 Å². The highest BCUT2D eigenvalue weighted by Gasteiger charge is 2.22. The Hall–Kier alpha value is -6.06. The summed E-state index contributed by atoms with van der Waals surface area (Å²) in [6, 6.07) is 59.4. The molecule has 0 saturated carbocycles. The fourth-order valence-electron chi connectivity index (χ4n) is 7.64. The van der Waals surface area contributed by atoms with Gasteiger partial charge in [-0.15, -0.1) is 0 Å². The fourth-order valence-corrected chi connectivity index (χ4v) is 7.64. The van der Waals surface area contributed by atoms with Gasteiger partial charge in [0.05, 0.1) is 50.2 Å². The first-order valence-electron chi connectivity index (χ1n) is 15.5. The van der Waals surface area contributed by atoms with Gasteiger partial charge in [-0.25, -0.2) is 0 Å². The first-order valence-corrected chi connectivity index (χ1v) is 15.5. The van der Waals surface area contributed by atoms with Gasteiger partial charge in [0.2, 0.25) is 0 Å². The maximum absolute atomic E-state index is 2.49. The van der Waals surface area contributed by atoms with E-state index >= 15 is 0 Å². The average Bonchev–Trinajstić information content (AvgIpc) is 3.74. The molecule has 3 heterocycles. The Bertz CT molecular complexity index is 2660. The Kier molecular flexibility index (Phi) is 5.00. The van der Waals surface area contributed by atoms with Gasteiger partial charge in [-0.3, -0.25) is 0 Å². The Morgan fingerprint density at radius 3 is 0.978 bits per heavy atom. The molecule has 10 aromatic rings. The SMILES string of the molecule is c1ccc(-n2c3ccccc3c3cccc(-n4c5ccccc5c5ccccc54)c32)c(-n2c3ccccc3c3ccccc32)c1. The zero-order chi connectivity index (χ0) is 29.5. The van der Waals surface area contributed by atoms with Crippen LogP contribution in [0.4, 0.5) is 0 Å². The molecular weight excluding hydrogens is 546 g/mol. The third-order valence-electron chi connectivity index (χ3n) is 9.44. The molecule has 0 fully saturated rings. The Morgan fingerprint density at radius 2 is 0.511 bits per heavy atom. The summed E-state index contributed by atoms with van der Waals surface area (Å²) in [6.07, 6.45) is 0. The second kappa shape index (κ2) is 9.22. The monoisotopic (exact) mass is 573 g/mol. The molecule has 3 aromatic heterocycles. The van der Waals surface area contributed by atoms with E-state index in [2.05, 4.69) is 177 Å². The van der Waals surface area contributed by atoms with Crippen molar-refractivity contribution in [2.24, 2.45) is 0 Å². The fraction of sp³-hybridized carbons (Fsp3) is 0. The van der Waals surface area contributed by atoms with Crippen molar-refractivity contribution < 1.29 is 0 Å². The minimum atomic E-state index is 1.14. The number of fused-ring (bicyclic) bond motifs is 9. The molecular formula is C42H27N3. The number of hydrogen-bond donors (Lipinski definition) is 0. The van der Waals surface area contributed by atoms with Crippen molar-refractivity contribution in [2.45, 2.75) is 0 Å². The van der Waals surface area contributed by atoms with Gasteiger partial charge >= 0.3 is 0 Å². The Balaban J connectivity index is 1.39. The summed E-state index contributed by atoms with van der Waals surface area (Å²) in [5.41, 5.74) is 10.7. The van der Waals surface area contributed by atoms with Crippen molar-refractivity contribution in [3.63, 3.8) is 0 Å². The molecule has 0 unspecified atom stereocenters. The predicted octanol–water partition coefficient (Wildman–Crippen LogP) is 11.0. The first kappa shape index (κ1) is 24.4. The van der Waals surface area contributed by atoms with Crippen LogP contribution in [-0.4, -0.2) is 13.7 Å². The highest BCUT2D eigenvalue weighted by Crippen LogP contribution is 2.41. The summed E-state index contributed by atoms with van der Waals surface area (Å²) in [4.78, 5) is 0. The summed E-state index contributed by atoms with van der Waals surface area (Å²) in [5.74, 6) is 0. The molecule has 7 aromatic carbocycles. The zero-order valence-corrected chi connectivity index (χ0v) is 24.4. The second-order valence-electron chi connectivity index (χ2n) is 11.8. The number of hydrogen-bond acceptors (Lipinski definition) is 0. The van der Waals surface area contributed by atoms with Gasteiger partial charge in [0.15, 0.2) is 0 Å². The van der Waals surface area contributed by atoms with Gasteiger partial charge in [-0.05, 0) is 48.5 Å². The standard InChI is InChI=1S/C42H27N3/c1-6-20-34-28(14-1)29-15-2-7-21-35(29)43(34)39-25-11-12-26-40(39)45-38-24-10-5-18-32(38)33-19-13-27-41(42(33)45)44-36-22-8-3-16-30(36)31-17-4-9-23-37(31)44/h1-27H. The van der Waals surface area contributed by atoms with Crippen LogP contribution in [0.1, 0.15) is 0 Å². The zero-order valence-electron chi connectivity index (χ0n) is 24.4. The Labute approximate surface area is 259 Å². The molecule has 0 bridgehead atoms. The molecule has 0 aliphatic rings. The van der Waals surface area contributed by atoms with E-state index in [0.717, 1.165) is 17.1 Å².